The van der Waals surface area contributed by atoms with Crippen molar-refractivity contribution >= 4 is 39.8 Å². The predicted octanol–water partition coefficient (Wildman–Crippen LogP) is 2.91. The van der Waals surface area contributed by atoms with E-state index in [2.05, 4.69) is 20.8 Å². The molecule has 0 spiro atoms. The van der Waals surface area contributed by atoms with Crippen molar-refractivity contribution < 1.29 is 9.53 Å². The van der Waals surface area contributed by atoms with Crippen LogP contribution in [0.4, 0.5) is 10.8 Å². The van der Waals surface area contributed by atoms with E-state index in [0.29, 0.717) is 16.8 Å². The van der Waals surface area contributed by atoms with Crippen molar-refractivity contribution in [2.45, 2.75) is 17.2 Å². The fourth-order valence-electron chi connectivity index (χ4n) is 1.90. The summed E-state index contributed by atoms with van der Waals surface area (Å²) in [7, 11) is 1.63. The lowest BCUT2D eigenvalue weighted by Gasteiger charge is -2.04. The maximum absolute atomic E-state index is 11.7. The molecule has 0 aliphatic heterocycles. The molecule has 2 N–H and O–H groups in total. The molecule has 0 saturated heterocycles. The molecule has 0 atom stereocenters. The van der Waals surface area contributed by atoms with Crippen LogP contribution in [0, 0.1) is 5.92 Å². The van der Waals surface area contributed by atoms with Crippen LogP contribution in [-0.2, 0) is 4.79 Å². The lowest BCUT2D eigenvalue weighted by Crippen LogP contribution is -2.27. The van der Waals surface area contributed by atoms with Crippen LogP contribution in [0.5, 0.6) is 5.75 Å². The van der Waals surface area contributed by atoms with Crippen molar-refractivity contribution in [1.29, 1.82) is 0 Å². The van der Waals surface area contributed by atoms with Crippen molar-refractivity contribution in [3.8, 4) is 5.75 Å². The molecule has 1 aromatic carbocycles. The lowest BCUT2D eigenvalue weighted by atomic mass is 10.3. The van der Waals surface area contributed by atoms with Gasteiger partial charge >= 0.3 is 0 Å². The van der Waals surface area contributed by atoms with Gasteiger partial charge in [-0.05, 0) is 30.9 Å². The highest BCUT2D eigenvalue weighted by atomic mass is 32.2. The van der Waals surface area contributed by atoms with E-state index in [1.165, 1.54) is 35.9 Å². The molecule has 0 unspecified atom stereocenters. The van der Waals surface area contributed by atoms with Gasteiger partial charge in [0, 0.05) is 18.3 Å². The Morgan fingerprint density at radius 3 is 3.09 bits per heavy atom. The van der Waals surface area contributed by atoms with Crippen molar-refractivity contribution in [3.63, 3.8) is 0 Å². The van der Waals surface area contributed by atoms with E-state index in [1.54, 1.807) is 7.11 Å². The second-order valence-electron chi connectivity index (χ2n) is 5.27. The van der Waals surface area contributed by atoms with Crippen molar-refractivity contribution in [2.24, 2.45) is 5.92 Å². The molecule has 3 rings (SSSR count). The topological polar surface area (TPSA) is 76.1 Å². The number of amides is 1. The monoisotopic (exact) mass is 350 g/mol. The summed E-state index contributed by atoms with van der Waals surface area (Å²) >= 11 is 2.84. The second kappa shape index (κ2) is 7.65. The Labute approximate surface area is 143 Å². The molecule has 8 heteroatoms. The summed E-state index contributed by atoms with van der Waals surface area (Å²) in [5, 5.41) is 15.0. The number of aromatic nitrogens is 2. The number of rotatable bonds is 8. The molecular formula is C15H18N4O2S2. The number of methoxy groups -OCH3 is 1. The molecule has 122 valence electrons. The lowest BCUT2D eigenvalue weighted by molar-refractivity contribution is -0.118. The molecule has 0 radical (unpaired) electrons. The zero-order valence-electron chi connectivity index (χ0n) is 12.7. The number of thioether (sulfide) groups is 1. The van der Waals surface area contributed by atoms with Crippen LogP contribution < -0.4 is 15.4 Å². The van der Waals surface area contributed by atoms with Gasteiger partial charge < -0.3 is 15.4 Å². The van der Waals surface area contributed by atoms with Gasteiger partial charge in [-0.25, -0.2) is 0 Å². The molecule has 1 aromatic heterocycles. The molecule has 1 fully saturated rings. The van der Waals surface area contributed by atoms with Crippen LogP contribution in [0.3, 0.4) is 0 Å². The fourth-order valence-corrected chi connectivity index (χ4v) is 3.50. The number of nitrogens with one attached hydrogen (secondary N) is 2. The standard InChI is InChI=1S/C15H18N4O2S2/c1-21-12-4-2-3-11(7-12)17-14-18-19-15(23-14)22-9-13(20)16-8-10-5-6-10/h2-4,7,10H,5-6,8-9H2,1H3,(H,16,20)(H,17,18). The van der Waals surface area contributed by atoms with E-state index in [0.717, 1.165) is 22.3 Å². The molecular weight excluding hydrogens is 332 g/mol. The van der Waals surface area contributed by atoms with Crippen molar-refractivity contribution in [1.82, 2.24) is 15.5 Å². The number of hydrogen-bond donors (Lipinski definition) is 2. The SMILES string of the molecule is COc1cccc(Nc2nnc(SCC(=O)NCC3CC3)s2)c1. The van der Waals surface area contributed by atoms with Crippen LogP contribution >= 0.6 is 23.1 Å². The summed E-state index contributed by atoms with van der Waals surface area (Å²) in [5.74, 6) is 1.91. The van der Waals surface area contributed by atoms with E-state index in [1.807, 2.05) is 24.3 Å². The molecule has 0 bridgehead atoms. The van der Waals surface area contributed by atoms with Crippen LogP contribution in [0.25, 0.3) is 0 Å². The normalized spacial score (nSPS) is 13.6. The Morgan fingerprint density at radius 1 is 1.43 bits per heavy atom. The average molecular weight is 350 g/mol. The molecule has 1 aliphatic rings. The van der Waals surface area contributed by atoms with Gasteiger partial charge in [-0.15, -0.1) is 10.2 Å². The highest BCUT2D eigenvalue weighted by Gasteiger charge is 2.21. The third kappa shape index (κ3) is 5.11. The zero-order valence-corrected chi connectivity index (χ0v) is 14.4. The summed E-state index contributed by atoms with van der Waals surface area (Å²) in [5.41, 5.74) is 0.888. The first kappa shape index (κ1) is 16.1. The minimum absolute atomic E-state index is 0.0550. The third-order valence-electron chi connectivity index (χ3n) is 3.34. The van der Waals surface area contributed by atoms with Crippen LogP contribution in [0.1, 0.15) is 12.8 Å². The fraction of sp³-hybridized carbons (Fsp3) is 0.400. The summed E-state index contributed by atoms with van der Waals surface area (Å²) in [6.45, 7) is 0.804. The number of benzene rings is 1. The van der Waals surface area contributed by atoms with Crippen LogP contribution in [-0.4, -0.2) is 35.5 Å². The number of anilines is 2. The van der Waals surface area contributed by atoms with Gasteiger partial charge in [0.2, 0.25) is 11.0 Å². The van der Waals surface area contributed by atoms with Crippen LogP contribution in [0.15, 0.2) is 28.6 Å². The number of hydrogen-bond acceptors (Lipinski definition) is 7. The number of carbonyl (C=O) groups excluding carboxylic acids is 1. The summed E-state index contributed by atoms with van der Waals surface area (Å²) < 4.78 is 5.96. The predicted molar refractivity (Wildman–Crippen MR) is 92.6 cm³/mol. The molecule has 1 amide bonds. The maximum atomic E-state index is 11.7. The van der Waals surface area contributed by atoms with Crippen molar-refractivity contribution in [3.05, 3.63) is 24.3 Å². The van der Waals surface area contributed by atoms with Crippen LogP contribution in [0.2, 0.25) is 0 Å². The largest absolute Gasteiger partial charge is 0.497 e. The Hall–Kier alpha value is -1.80. The average Bonchev–Trinajstić information content (AvgIpc) is 3.30. The van der Waals surface area contributed by atoms with Gasteiger partial charge in [0.05, 0.1) is 12.9 Å². The minimum Gasteiger partial charge on any atom is -0.497 e. The van der Waals surface area contributed by atoms with Gasteiger partial charge in [0.15, 0.2) is 4.34 Å². The first-order chi connectivity index (χ1) is 11.2. The summed E-state index contributed by atoms with van der Waals surface area (Å²) in [6, 6.07) is 7.61. The molecule has 1 saturated carbocycles. The van der Waals surface area contributed by atoms with Crippen molar-refractivity contribution in [2.75, 3.05) is 24.7 Å². The van der Waals surface area contributed by atoms with Gasteiger partial charge in [0.25, 0.3) is 0 Å². The number of nitrogens with zero attached hydrogens (tertiary/aromatic N) is 2. The van der Waals surface area contributed by atoms with Gasteiger partial charge in [-0.2, -0.15) is 0 Å². The van der Waals surface area contributed by atoms with E-state index < -0.39 is 0 Å². The van der Waals surface area contributed by atoms with E-state index in [4.69, 9.17) is 4.74 Å². The number of ether oxygens (including phenoxy) is 1. The van der Waals surface area contributed by atoms with Gasteiger partial charge in [-0.3, -0.25) is 4.79 Å². The van der Waals surface area contributed by atoms with E-state index >= 15 is 0 Å². The number of carbonyl (C=O) groups is 1. The van der Waals surface area contributed by atoms with E-state index in [-0.39, 0.29) is 5.91 Å². The Kier molecular flexibility index (Phi) is 5.35. The Morgan fingerprint density at radius 2 is 2.30 bits per heavy atom. The Bertz CT molecular complexity index is 673. The van der Waals surface area contributed by atoms with Gasteiger partial charge in [0.1, 0.15) is 5.75 Å². The zero-order chi connectivity index (χ0) is 16.1. The third-order valence-corrected chi connectivity index (χ3v) is 5.31. The highest BCUT2D eigenvalue weighted by Crippen LogP contribution is 2.29. The maximum Gasteiger partial charge on any atom is 0.230 e. The molecule has 2 aromatic rings. The summed E-state index contributed by atoms with van der Waals surface area (Å²) in [6.07, 6.45) is 2.48. The smallest absolute Gasteiger partial charge is 0.230 e. The second-order valence-corrected chi connectivity index (χ2v) is 7.47. The molecule has 1 heterocycles. The minimum atomic E-state index is 0.0550. The summed E-state index contributed by atoms with van der Waals surface area (Å²) in [4.78, 5) is 11.7. The first-order valence-corrected chi connectivity index (χ1v) is 9.17. The first-order valence-electron chi connectivity index (χ1n) is 7.37. The Balaban J connectivity index is 1.47. The van der Waals surface area contributed by atoms with E-state index in [9.17, 15) is 4.79 Å². The molecule has 23 heavy (non-hydrogen) atoms. The van der Waals surface area contributed by atoms with Gasteiger partial charge in [-0.1, -0.05) is 29.2 Å². The highest BCUT2D eigenvalue weighted by molar-refractivity contribution is 8.01. The molecule has 6 nitrogen and oxygen atoms in total. The molecule has 1 aliphatic carbocycles. The quantitative estimate of drug-likeness (QED) is 0.713.